The molecule has 0 unspecified atom stereocenters. The van der Waals surface area contributed by atoms with Gasteiger partial charge in [-0.15, -0.1) is 11.3 Å². The van der Waals surface area contributed by atoms with Gasteiger partial charge in [-0.3, -0.25) is 0 Å². The minimum Gasteiger partial charge on any atom is -0.382 e. The summed E-state index contributed by atoms with van der Waals surface area (Å²) in [6.07, 6.45) is 0.826. The third-order valence-electron chi connectivity index (χ3n) is 2.75. The number of rotatable bonds is 10. The molecule has 0 aliphatic heterocycles. The molecule has 3 N–H and O–H groups in total. The molecule has 0 bridgehead atoms. The number of methoxy groups -OCH3 is 1. The Bertz CT molecular complexity index is 549. The predicted octanol–water partition coefficient (Wildman–Crippen LogP) is 1.55. The number of nitrogen functional groups attached to an aromatic ring is 1. The molecule has 2 heterocycles. The molecule has 0 radical (unpaired) electrons. The highest BCUT2D eigenvalue weighted by Crippen LogP contribution is 2.24. The standard InChI is InChI=1S/C13H20N4O3S/c1-18-6-7-19-4-2-5-20-9-11-15-12(17-14)10-3-8-21-13(10)16-11/h3,8H,2,4-7,9,14H2,1H3,(H,15,16,17). The Morgan fingerprint density at radius 2 is 2.05 bits per heavy atom. The second kappa shape index (κ2) is 8.85. The van der Waals surface area contributed by atoms with Gasteiger partial charge >= 0.3 is 0 Å². The molecule has 2 aromatic heterocycles. The van der Waals surface area contributed by atoms with Crippen LogP contribution in [0.15, 0.2) is 11.4 Å². The van der Waals surface area contributed by atoms with E-state index in [1.165, 1.54) is 0 Å². The van der Waals surface area contributed by atoms with Gasteiger partial charge in [0.2, 0.25) is 0 Å². The van der Waals surface area contributed by atoms with Gasteiger partial charge in [-0.25, -0.2) is 15.8 Å². The van der Waals surface area contributed by atoms with Gasteiger partial charge in [0.05, 0.1) is 18.6 Å². The monoisotopic (exact) mass is 312 g/mol. The molecule has 0 atom stereocenters. The summed E-state index contributed by atoms with van der Waals surface area (Å²) >= 11 is 1.55. The average molecular weight is 312 g/mol. The number of ether oxygens (including phenoxy) is 3. The molecule has 21 heavy (non-hydrogen) atoms. The smallest absolute Gasteiger partial charge is 0.158 e. The van der Waals surface area contributed by atoms with Crippen molar-refractivity contribution in [2.24, 2.45) is 5.84 Å². The fourth-order valence-corrected chi connectivity index (χ4v) is 2.53. The van der Waals surface area contributed by atoms with Crippen molar-refractivity contribution in [2.45, 2.75) is 13.0 Å². The van der Waals surface area contributed by atoms with Crippen LogP contribution in [0, 0.1) is 0 Å². The lowest BCUT2D eigenvalue weighted by Crippen LogP contribution is -2.11. The van der Waals surface area contributed by atoms with Crippen LogP contribution in [0.3, 0.4) is 0 Å². The summed E-state index contributed by atoms with van der Waals surface area (Å²) in [6, 6.07) is 1.94. The zero-order valence-electron chi connectivity index (χ0n) is 12.0. The Balaban J connectivity index is 1.73. The van der Waals surface area contributed by atoms with Gasteiger partial charge in [-0.1, -0.05) is 0 Å². The van der Waals surface area contributed by atoms with E-state index in [2.05, 4.69) is 15.4 Å². The van der Waals surface area contributed by atoms with E-state index in [0.29, 0.717) is 44.7 Å². The Kier molecular flexibility index (Phi) is 6.77. The Morgan fingerprint density at radius 3 is 2.86 bits per heavy atom. The number of fused-ring (bicyclic) bond motifs is 1. The molecule has 0 aromatic carbocycles. The largest absolute Gasteiger partial charge is 0.382 e. The van der Waals surface area contributed by atoms with Gasteiger partial charge in [-0.05, 0) is 17.9 Å². The Hall–Kier alpha value is -1.32. The predicted molar refractivity (Wildman–Crippen MR) is 82.2 cm³/mol. The highest BCUT2D eigenvalue weighted by molar-refractivity contribution is 7.16. The fourth-order valence-electron chi connectivity index (χ4n) is 1.74. The van der Waals surface area contributed by atoms with E-state index in [9.17, 15) is 0 Å². The number of hydrazine groups is 1. The first-order chi connectivity index (χ1) is 10.3. The van der Waals surface area contributed by atoms with E-state index in [0.717, 1.165) is 16.6 Å². The van der Waals surface area contributed by atoms with Crippen LogP contribution in [0.4, 0.5) is 5.82 Å². The summed E-state index contributed by atoms with van der Waals surface area (Å²) in [4.78, 5) is 9.68. The van der Waals surface area contributed by atoms with Crippen LogP contribution in [0.1, 0.15) is 12.2 Å². The third kappa shape index (κ3) is 4.87. The summed E-state index contributed by atoms with van der Waals surface area (Å²) < 4.78 is 15.8. The van der Waals surface area contributed by atoms with Crippen LogP contribution in [0.25, 0.3) is 10.2 Å². The lowest BCUT2D eigenvalue weighted by Gasteiger charge is -2.07. The highest BCUT2D eigenvalue weighted by atomic mass is 32.1. The highest BCUT2D eigenvalue weighted by Gasteiger charge is 2.07. The molecular weight excluding hydrogens is 292 g/mol. The summed E-state index contributed by atoms with van der Waals surface area (Å²) in [5.41, 5.74) is 2.59. The molecule has 8 heteroatoms. The van der Waals surface area contributed by atoms with Gasteiger partial charge in [0.1, 0.15) is 11.4 Å². The maximum Gasteiger partial charge on any atom is 0.158 e. The second-order valence-corrected chi connectivity index (χ2v) is 5.18. The van der Waals surface area contributed by atoms with E-state index >= 15 is 0 Å². The number of hydrogen-bond acceptors (Lipinski definition) is 8. The summed E-state index contributed by atoms with van der Waals surface area (Å²) in [6.45, 7) is 2.85. The van der Waals surface area contributed by atoms with Crippen molar-refractivity contribution in [1.29, 1.82) is 0 Å². The van der Waals surface area contributed by atoms with Crippen LogP contribution in [-0.2, 0) is 20.8 Å². The van der Waals surface area contributed by atoms with E-state index in [1.807, 2.05) is 11.4 Å². The molecule has 0 spiro atoms. The first-order valence-corrected chi connectivity index (χ1v) is 7.58. The Labute approximate surface area is 127 Å². The molecule has 116 valence electrons. The van der Waals surface area contributed by atoms with Crippen LogP contribution >= 0.6 is 11.3 Å². The van der Waals surface area contributed by atoms with Gasteiger partial charge < -0.3 is 19.6 Å². The number of nitrogens with zero attached hydrogens (tertiary/aromatic N) is 2. The van der Waals surface area contributed by atoms with Crippen molar-refractivity contribution >= 4 is 27.4 Å². The lowest BCUT2D eigenvalue weighted by molar-refractivity contribution is 0.0473. The summed E-state index contributed by atoms with van der Waals surface area (Å²) in [5, 5.41) is 2.89. The maximum absolute atomic E-state index is 5.55. The van der Waals surface area contributed by atoms with E-state index in [1.54, 1.807) is 18.4 Å². The molecule has 2 aromatic rings. The van der Waals surface area contributed by atoms with Crippen molar-refractivity contribution in [2.75, 3.05) is 39.0 Å². The second-order valence-electron chi connectivity index (χ2n) is 4.28. The number of nitrogens with one attached hydrogen (secondary N) is 1. The van der Waals surface area contributed by atoms with Gasteiger partial charge in [-0.2, -0.15) is 0 Å². The van der Waals surface area contributed by atoms with Gasteiger partial charge in [0, 0.05) is 20.3 Å². The van der Waals surface area contributed by atoms with E-state index in [4.69, 9.17) is 20.1 Å². The molecule has 0 aliphatic rings. The lowest BCUT2D eigenvalue weighted by atomic mass is 10.4. The van der Waals surface area contributed by atoms with Crippen LogP contribution in [0.2, 0.25) is 0 Å². The summed E-state index contributed by atoms with van der Waals surface area (Å²) in [7, 11) is 1.65. The van der Waals surface area contributed by atoms with Crippen LogP contribution in [0.5, 0.6) is 0 Å². The maximum atomic E-state index is 5.55. The molecule has 2 rings (SSSR count). The number of nitrogens with two attached hydrogens (primary N) is 1. The molecule has 0 aliphatic carbocycles. The first-order valence-electron chi connectivity index (χ1n) is 6.70. The van der Waals surface area contributed by atoms with Gasteiger partial charge in [0.25, 0.3) is 0 Å². The van der Waals surface area contributed by atoms with Crippen LogP contribution in [-0.4, -0.2) is 43.5 Å². The van der Waals surface area contributed by atoms with Crippen molar-refractivity contribution in [3.05, 3.63) is 17.3 Å². The minimum atomic E-state index is 0.362. The molecular formula is C13H20N4O3S. The molecule has 7 nitrogen and oxygen atoms in total. The van der Waals surface area contributed by atoms with Crippen LogP contribution < -0.4 is 11.3 Å². The quantitative estimate of drug-likeness (QED) is 0.390. The number of anilines is 1. The number of thiophene rings is 1. The molecule has 0 saturated heterocycles. The van der Waals surface area contributed by atoms with Crippen molar-refractivity contribution in [3.63, 3.8) is 0 Å². The third-order valence-corrected chi connectivity index (χ3v) is 3.56. The van der Waals surface area contributed by atoms with Crippen molar-refractivity contribution in [1.82, 2.24) is 9.97 Å². The molecule has 0 fully saturated rings. The topological polar surface area (TPSA) is 91.5 Å². The summed E-state index contributed by atoms with van der Waals surface area (Å²) in [5.74, 6) is 6.73. The number of hydrogen-bond donors (Lipinski definition) is 2. The Morgan fingerprint density at radius 1 is 1.19 bits per heavy atom. The van der Waals surface area contributed by atoms with Crippen molar-refractivity contribution < 1.29 is 14.2 Å². The van der Waals surface area contributed by atoms with E-state index < -0.39 is 0 Å². The van der Waals surface area contributed by atoms with Gasteiger partial charge in [0.15, 0.2) is 11.6 Å². The average Bonchev–Trinajstić information content (AvgIpc) is 2.97. The van der Waals surface area contributed by atoms with E-state index in [-0.39, 0.29) is 0 Å². The normalized spacial score (nSPS) is 11.1. The fraction of sp³-hybridized carbons (Fsp3) is 0.538. The molecule has 0 saturated carbocycles. The zero-order valence-corrected chi connectivity index (χ0v) is 12.8. The van der Waals surface area contributed by atoms with Crippen molar-refractivity contribution in [3.8, 4) is 0 Å². The molecule has 0 amide bonds. The minimum absolute atomic E-state index is 0.362. The number of aromatic nitrogens is 2. The zero-order chi connectivity index (χ0) is 14.9. The first kappa shape index (κ1) is 16.1. The SMILES string of the molecule is COCCOCCCOCc1nc(NN)c2ccsc2n1.